The van der Waals surface area contributed by atoms with Gasteiger partial charge in [0, 0.05) is 5.75 Å². The molecule has 0 saturated carbocycles. The highest BCUT2D eigenvalue weighted by Gasteiger charge is 2.09. The molecule has 0 aliphatic heterocycles. The summed E-state index contributed by atoms with van der Waals surface area (Å²) in [7, 11) is 0. The predicted octanol–water partition coefficient (Wildman–Crippen LogP) is 1.86. The second kappa shape index (κ2) is 5.27. The van der Waals surface area contributed by atoms with Gasteiger partial charge in [-0.3, -0.25) is 11.3 Å². The molecule has 1 aromatic carbocycles. The van der Waals surface area contributed by atoms with Gasteiger partial charge in [-0.25, -0.2) is 0 Å². The van der Waals surface area contributed by atoms with Crippen LogP contribution in [0, 0.1) is 6.92 Å². The smallest absolute Gasteiger partial charge is 0.0552 e. The first-order chi connectivity index (χ1) is 6.29. The number of nitrogens with two attached hydrogens (primary N) is 1. The van der Waals surface area contributed by atoms with Crippen LogP contribution in [0.1, 0.15) is 17.2 Å². The molecule has 13 heavy (non-hydrogen) atoms. The van der Waals surface area contributed by atoms with Crippen molar-refractivity contribution < 1.29 is 0 Å². The predicted molar refractivity (Wildman–Crippen MR) is 59.6 cm³/mol. The number of aryl methyl sites for hydroxylation is 1. The number of thioether (sulfide) groups is 1. The fourth-order valence-corrected chi connectivity index (χ4v) is 1.98. The second-order valence-electron chi connectivity index (χ2n) is 3.03. The van der Waals surface area contributed by atoms with Crippen LogP contribution in [-0.4, -0.2) is 12.0 Å². The molecular weight excluding hydrogens is 180 g/mol. The second-order valence-corrected chi connectivity index (χ2v) is 3.94. The van der Waals surface area contributed by atoms with E-state index in [-0.39, 0.29) is 6.04 Å². The van der Waals surface area contributed by atoms with Gasteiger partial charge in [-0.05, 0) is 24.3 Å². The Kier molecular flexibility index (Phi) is 4.28. The van der Waals surface area contributed by atoms with Gasteiger partial charge in [-0.2, -0.15) is 11.8 Å². The monoisotopic (exact) mass is 196 g/mol. The molecule has 1 aromatic rings. The number of benzene rings is 1. The van der Waals surface area contributed by atoms with Crippen LogP contribution in [0.15, 0.2) is 24.3 Å². The van der Waals surface area contributed by atoms with E-state index >= 15 is 0 Å². The van der Waals surface area contributed by atoms with Crippen LogP contribution in [0.4, 0.5) is 0 Å². The maximum Gasteiger partial charge on any atom is 0.0552 e. The molecule has 0 heterocycles. The molecule has 0 aliphatic rings. The quantitative estimate of drug-likeness (QED) is 0.570. The maximum absolute atomic E-state index is 5.50. The van der Waals surface area contributed by atoms with Crippen molar-refractivity contribution in [3.05, 3.63) is 35.4 Å². The summed E-state index contributed by atoms with van der Waals surface area (Å²) in [6.45, 7) is 2.11. The Bertz CT molecular complexity index is 263. The van der Waals surface area contributed by atoms with Gasteiger partial charge in [0.15, 0.2) is 0 Å². The van der Waals surface area contributed by atoms with E-state index in [1.165, 1.54) is 11.1 Å². The van der Waals surface area contributed by atoms with Crippen molar-refractivity contribution in [3.63, 3.8) is 0 Å². The average Bonchev–Trinajstić information content (AvgIpc) is 2.16. The standard InChI is InChI=1S/C10H16N2S/c1-8-5-3-4-6-9(8)10(12-11)7-13-2/h3-6,10,12H,7,11H2,1-2H3. The van der Waals surface area contributed by atoms with Gasteiger partial charge in [0.25, 0.3) is 0 Å². The zero-order valence-electron chi connectivity index (χ0n) is 8.08. The Balaban J connectivity index is 2.84. The van der Waals surface area contributed by atoms with Crippen molar-refractivity contribution in [1.82, 2.24) is 5.43 Å². The lowest BCUT2D eigenvalue weighted by Gasteiger charge is -2.16. The molecule has 0 aliphatic carbocycles. The van der Waals surface area contributed by atoms with E-state index in [9.17, 15) is 0 Å². The van der Waals surface area contributed by atoms with Gasteiger partial charge in [0.05, 0.1) is 6.04 Å². The third-order valence-electron chi connectivity index (χ3n) is 2.10. The molecule has 0 bridgehead atoms. The molecule has 0 fully saturated rings. The molecule has 2 nitrogen and oxygen atoms in total. The van der Waals surface area contributed by atoms with Crippen LogP contribution in [0.5, 0.6) is 0 Å². The minimum atomic E-state index is 0.260. The Morgan fingerprint density at radius 3 is 2.69 bits per heavy atom. The molecule has 0 amide bonds. The van der Waals surface area contributed by atoms with Gasteiger partial charge in [-0.15, -0.1) is 0 Å². The van der Waals surface area contributed by atoms with Crippen LogP contribution in [0.3, 0.4) is 0 Å². The van der Waals surface area contributed by atoms with E-state index in [1.807, 2.05) is 12.1 Å². The lowest BCUT2D eigenvalue weighted by molar-refractivity contribution is 0.608. The lowest BCUT2D eigenvalue weighted by atomic mass is 10.0. The Labute approximate surface area is 83.9 Å². The van der Waals surface area contributed by atoms with Crippen LogP contribution in [0.2, 0.25) is 0 Å². The highest BCUT2D eigenvalue weighted by molar-refractivity contribution is 7.98. The zero-order chi connectivity index (χ0) is 9.68. The summed E-state index contributed by atoms with van der Waals surface area (Å²) in [6.07, 6.45) is 2.09. The summed E-state index contributed by atoms with van der Waals surface area (Å²) in [6, 6.07) is 8.59. The van der Waals surface area contributed by atoms with Crippen LogP contribution >= 0.6 is 11.8 Å². The molecule has 0 radical (unpaired) electrons. The van der Waals surface area contributed by atoms with Crippen LogP contribution in [0.25, 0.3) is 0 Å². The molecule has 3 heteroatoms. The van der Waals surface area contributed by atoms with Crippen molar-refractivity contribution in [1.29, 1.82) is 0 Å². The van der Waals surface area contributed by atoms with Crippen LogP contribution < -0.4 is 11.3 Å². The first kappa shape index (κ1) is 10.6. The fourth-order valence-electron chi connectivity index (χ4n) is 1.37. The van der Waals surface area contributed by atoms with Crippen molar-refractivity contribution >= 4 is 11.8 Å². The molecule has 0 aromatic heterocycles. The van der Waals surface area contributed by atoms with Gasteiger partial charge < -0.3 is 0 Å². The summed E-state index contributed by atoms with van der Waals surface area (Å²) < 4.78 is 0. The molecule has 3 N–H and O–H groups in total. The van der Waals surface area contributed by atoms with E-state index in [4.69, 9.17) is 5.84 Å². The van der Waals surface area contributed by atoms with Crippen molar-refractivity contribution in [3.8, 4) is 0 Å². The zero-order valence-corrected chi connectivity index (χ0v) is 8.90. The van der Waals surface area contributed by atoms with E-state index in [0.717, 1.165) is 5.75 Å². The highest BCUT2D eigenvalue weighted by Crippen LogP contribution is 2.19. The van der Waals surface area contributed by atoms with E-state index in [0.29, 0.717) is 0 Å². The number of hydrogen-bond acceptors (Lipinski definition) is 3. The summed E-state index contributed by atoms with van der Waals surface area (Å²) in [5, 5.41) is 0. The van der Waals surface area contributed by atoms with Gasteiger partial charge in [-0.1, -0.05) is 24.3 Å². The molecule has 1 rings (SSSR count). The molecule has 1 atom stereocenters. The topological polar surface area (TPSA) is 38.0 Å². The third-order valence-corrected chi connectivity index (χ3v) is 2.77. The van der Waals surface area contributed by atoms with Gasteiger partial charge >= 0.3 is 0 Å². The number of hydrazine groups is 1. The molecule has 0 saturated heterocycles. The fraction of sp³-hybridized carbons (Fsp3) is 0.400. The maximum atomic E-state index is 5.50. The van der Waals surface area contributed by atoms with Crippen molar-refractivity contribution in [2.45, 2.75) is 13.0 Å². The first-order valence-corrected chi connectivity index (χ1v) is 5.69. The average molecular weight is 196 g/mol. The first-order valence-electron chi connectivity index (χ1n) is 4.30. The Morgan fingerprint density at radius 1 is 1.46 bits per heavy atom. The minimum Gasteiger partial charge on any atom is -0.271 e. The number of rotatable bonds is 4. The summed E-state index contributed by atoms with van der Waals surface area (Å²) in [4.78, 5) is 0. The van der Waals surface area contributed by atoms with Gasteiger partial charge in [0.1, 0.15) is 0 Å². The Hall–Kier alpha value is -0.510. The summed E-state index contributed by atoms with van der Waals surface area (Å²) in [5.41, 5.74) is 5.42. The van der Waals surface area contributed by atoms with Crippen LogP contribution in [-0.2, 0) is 0 Å². The number of nitrogens with one attached hydrogen (secondary N) is 1. The highest BCUT2D eigenvalue weighted by atomic mass is 32.2. The molecule has 72 valence electrons. The third kappa shape index (κ3) is 2.72. The van der Waals surface area contributed by atoms with Crippen molar-refractivity contribution in [2.75, 3.05) is 12.0 Å². The van der Waals surface area contributed by atoms with Gasteiger partial charge in [0.2, 0.25) is 0 Å². The molecule has 0 spiro atoms. The normalized spacial score (nSPS) is 12.8. The molecular formula is C10H16N2S. The summed E-state index contributed by atoms with van der Waals surface area (Å²) >= 11 is 1.80. The minimum absolute atomic E-state index is 0.260. The largest absolute Gasteiger partial charge is 0.271 e. The van der Waals surface area contributed by atoms with E-state index < -0.39 is 0 Å². The lowest BCUT2D eigenvalue weighted by Crippen LogP contribution is -2.30. The SMILES string of the molecule is CSCC(NN)c1ccccc1C. The Morgan fingerprint density at radius 2 is 2.15 bits per heavy atom. The van der Waals surface area contributed by atoms with E-state index in [1.54, 1.807) is 11.8 Å². The van der Waals surface area contributed by atoms with Crippen molar-refractivity contribution in [2.24, 2.45) is 5.84 Å². The summed E-state index contributed by atoms with van der Waals surface area (Å²) in [5.74, 6) is 6.50. The molecule has 1 unspecified atom stereocenters. The van der Waals surface area contributed by atoms with E-state index in [2.05, 4.69) is 30.7 Å². The number of hydrogen-bond donors (Lipinski definition) is 2.